The lowest BCUT2D eigenvalue weighted by Crippen LogP contribution is -2.55. The van der Waals surface area contributed by atoms with Crippen molar-refractivity contribution in [3.05, 3.63) is 22.7 Å². The molecule has 0 bridgehead atoms. The largest absolute Gasteiger partial charge is 0.573 e. The highest BCUT2D eigenvalue weighted by Gasteiger charge is 2.32. The molecule has 1 fully saturated rings. The number of carbonyl (C=O) groups excluding carboxylic acids is 1. The summed E-state index contributed by atoms with van der Waals surface area (Å²) in [5, 5.41) is 0. The molecule has 10 heteroatoms. The standard InChI is InChI=1S/C19H26BrF3N2O4/c1-13-12-24(7-8-25(13)17(26)29-18(2,3)4)9-10-27-16-11-14(5-6-15(16)20)28-19(21,22)23/h5-6,11,13H,7-10,12H2,1-4H3/t13-/m0/s1. The van der Waals surface area contributed by atoms with Gasteiger partial charge in [-0.2, -0.15) is 0 Å². The minimum Gasteiger partial charge on any atom is -0.491 e. The van der Waals surface area contributed by atoms with E-state index in [2.05, 4.69) is 25.6 Å². The van der Waals surface area contributed by atoms with E-state index in [-0.39, 0.29) is 30.2 Å². The molecule has 29 heavy (non-hydrogen) atoms. The van der Waals surface area contributed by atoms with Gasteiger partial charge in [0.15, 0.2) is 0 Å². The first-order valence-corrected chi connectivity index (χ1v) is 10.0. The molecule has 0 spiro atoms. The maximum Gasteiger partial charge on any atom is 0.573 e. The molecule has 1 aromatic carbocycles. The third kappa shape index (κ3) is 7.93. The van der Waals surface area contributed by atoms with Gasteiger partial charge in [-0.3, -0.25) is 4.90 Å². The quantitative estimate of drug-likeness (QED) is 0.610. The number of benzene rings is 1. The normalized spacial score (nSPS) is 18.5. The summed E-state index contributed by atoms with van der Waals surface area (Å²) >= 11 is 3.26. The predicted molar refractivity (Wildman–Crippen MR) is 105 cm³/mol. The Hall–Kier alpha value is -1.68. The Bertz CT molecular complexity index is 710. The molecule has 164 valence electrons. The van der Waals surface area contributed by atoms with Crippen LogP contribution in [-0.4, -0.2) is 66.7 Å². The number of carbonyl (C=O) groups is 1. The third-order valence-electron chi connectivity index (χ3n) is 4.14. The van der Waals surface area contributed by atoms with Gasteiger partial charge in [-0.25, -0.2) is 4.79 Å². The van der Waals surface area contributed by atoms with Gasteiger partial charge in [-0.15, -0.1) is 13.2 Å². The second-order valence-electron chi connectivity index (χ2n) is 7.81. The van der Waals surface area contributed by atoms with Crippen LogP contribution in [0.15, 0.2) is 22.7 Å². The summed E-state index contributed by atoms with van der Waals surface area (Å²) in [5.74, 6) is -0.0671. The summed E-state index contributed by atoms with van der Waals surface area (Å²) in [7, 11) is 0. The topological polar surface area (TPSA) is 51.2 Å². The number of ether oxygens (including phenoxy) is 3. The fourth-order valence-corrected chi connectivity index (χ4v) is 3.27. The Kier molecular flexibility index (Phi) is 7.67. The lowest BCUT2D eigenvalue weighted by molar-refractivity contribution is -0.274. The molecule has 0 unspecified atom stereocenters. The molecule has 1 aliphatic heterocycles. The number of halogens is 4. The lowest BCUT2D eigenvalue weighted by Gasteiger charge is -2.40. The first-order chi connectivity index (χ1) is 13.3. The van der Waals surface area contributed by atoms with Crippen LogP contribution in [0.1, 0.15) is 27.7 Å². The van der Waals surface area contributed by atoms with Crippen molar-refractivity contribution in [3.8, 4) is 11.5 Å². The smallest absolute Gasteiger partial charge is 0.491 e. The first kappa shape index (κ1) is 23.6. The van der Waals surface area contributed by atoms with Crippen LogP contribution >= 0.6 is 15.9 Å². The van der Waals surface area contributed by atoms with Gasteiger partial charge in [-0.05, 0) is 55.8 Å². The van der Waals surface area contributed by atoms with Crippen LogP contribution in [-0.2, 0) is 4.74 Å². The van der Waals surface area contributed by atoms with Crippen molar-refractivity contribution in [1.82, 2.24) is 9.80 Å². The second-order valence-corrected chi connectivity index (χ2v) is 8.67. The van der Waals surface area contributed by atoms with Crippen molar-refractivity contribution >= 4 is 22.0 Å². The van der Waals surface area contributed by atoms with Crippen LogP contribution in [0.5, 0.6) is 11.5 Å². The molecule has 0 aliphatic carbocycles. The number of hydrogen-bond acceptors (Lipinski definition) is 5. The fraction of sp³-hybridized carbons (Fsp3) is 0.632. The van der Waals surface area contributed by atoms with E-state index in [9.17, 15) is 18.0 Å². The van der Waals surface area contributed by atoms with E-state index in [0.717, 1.165) is 0 Å². The number of alkyl halides is 3. The van der Waals surface area contributed by atoms with Crippen molar-refractivity contribution in [1.29, 1.82) is 0 Å². The minimum atomic E-state index is -4.75. The summed E-state index contributed by atoms with van der Waals surface area (Å²) in [4.78, 5) is 16.1. The van der Waals surface area contributed by atoms with Crippen LogP contribution in [0.2, 0.25) is 0 Å². The number of nitrogens with zero attached hydrogens (tertiary/aromatic N) is 2. The average Bonchev–Trinajstić information content (AvgIpc) is 2.54. The van der Waals surface area contributed by atoms with Gasteiger partial charge in [-0.1, -0.05) is 0 Å². The van der Waals surface area contributed by atoms with Gasteiger partial charge in [0, 0.05) is 38.3 Å². The van der Waals surface area contributed by atoms with Crippen LogP contribution in [0, 0.1) is 0 Å². The Morgan fingerprint density at radius 2 is 1.93 bits per heavy atom. The zero-order valence-electron chi connectivity index (χ0n) is 16.9. The zero-order chi connectivity index (χ0) is 21.8. The molecule has 1 aliphatic rings. The molecule has 6 nitrogen and oxygen atoms in total. The maximum absolute atomic E-state index is 12.4. The van der Waals surface area contributed by atoms with Crippen molar-refractivity contribution < 1.29 is 32.2 Å². The summed E-state index contributed by atoms with van der Waals surface area (Å²) in [5.41, 5.74) is -0.542. The predicted octanol–water partition coefficient (Wildman–Crippen LogP) is 4.67. The fourth-order valence-electron chi connectivity index (χ4n) is 2.90. The number of hydrogen-bond donors (Lipinski definition) is 0. The number of amides is 1. The maximum atomic E-state index is 12.4. The van der Waals surface area contributed by atoms with Gasteiger partial charge in [0.25, 0.3) is 0 Å². The highest BCUT2D eigenvalue weighted by molar-refractivity contribution is 9.10. The van der Waals surface area contributed by atoms with Gasteiger partial charge in [0.2, 0.25) is 0 Å². The first-order valence-electron chi connectivity index (χ1n) is 9.24. The minimum absolute atomic E-state index is 0.0196. The number of piperazine rings is 1. The average molecular weight is 483 g/mol. The van der Waals surface area contributed by atoms with E-state index >= 15 is 0 Å². The Labute approximate surface area is 177 Å². The molecule has 1 heterocycles. The van der Waals surface area contributed by atoms with E-state index in [4.69, 9.17) is 9.47 Å². The summed E-state index contributed by atoms with van der Waals surface area (Å²) in [6.07, 6.45) is -5.08. The molecule has 1 saturated heterocycles. The Morgan fingerprint density at radius 1 is 1.24 bits per heavy atom. The zero-order valence-corrected chi connectivity index (χ0v) is 18.5. The highest BCUT2D eigenvalue weighted by Crippen LogP contribution is 2.32. The summed E-state index contributed by atoms with van der Waals surface area (Å²) in [6.45, 7) is 10.1. The summed E-state index contributed by atoms with van der Waals surface area (Å²) < 4.78 is 52.6. The van der Waals surface area contributed by atoms with Crippen LogP contribution < -0.4 is 9.47 Å². The lowest BCUT2D eigenvalue weighted by atomic mass is 10.2. The molecular formula is C19H26BrF3N2O4. The Morgan fingerprint density at radius 3 is 2.52 bits per heavy atom. The van der Waals surface area contributed by atoms with Gasteiger partial charge < -0.3 is 19.1 Å². The molecule has 0 N–H and O–H groups in total. The number of rotatable bonds is 5. The molecular weight excluding hydrogens is 457 g/mol. The van der Waals surface area contributed by atoms with Crippen LogP contribution in [0.4, 0.5) is 18.0 Å². The van der Waals surface area contributed by atoms with Crippen LogP contribution in [0.3, 0.4) is 0 Å². The van der Waals surface area contributed by atoms with Crippen molar-refractivity contribution in [3.63, 3.8) is 0 Å². The van der Waals surface area contributed by atoms with Crippen molar-refractivity contribution in [2.24, 2.45) is 0 Å². The molecule has 1 amide bonds. The van der Waals surface area contributed by atoms with E-state index in [1.807, 2.05) is 27.7 Å². The SMILES string of the molecule is C[C@H]1CN(CCOc2cc(OC(F)(F)F)ccc2Br)CCN1C(=O)OC(C)(C)C. The summed E-state index contributed by atoms with van der Waals surface area (Å²) in [6, 6.07) is 3.83. The molecule has 0 saturated carbocycles. The highest BCUT2D eigenvalue weighted by atomic mass is 79.9. The van der Waals surface area contributed by atoms with Gasteiger partial charge >= 0.3 is 12.5 Å². The second kappa shape index (κ2) is 9.42. The van der Waals surface area contributed by atoms with Gasteiger partial charge in [0.05, 0.1) is 4.47 Å². The van der Waals surface area contributed by atoms with E-state index in [1.165, 1.54) is 18.2 Å². The van der Waals surface area contributed by atoms with Gasteiger partial charge in [0.1, 0.15) is 23.7 Å². The molecule has 2 rings (SSSR count). The molecule has 0 aromatic heterocycles. The molecule has 1 atom stereocenters. The van der Waals surface area contributed by atoms with Crippen molar-refractivity contribution in [2.75, 3.05) is 32.8 Å². The van der Waals surface area contributed by atoms with Crippen LogP contribution in [0.25, 0.3) is 0 Å². The van der Waals surface area contributed by atoms with Crippen molar-refractivity contribution in [2.45, 2.75) is 45.7 Å². The molecule has 0 radical (unpaired) electrons. The monoisotopic (exact) mass is 482 g/mol. The van der Waals surface area contributed by atoms with E-state index in [1.54, 1.807) is 4.90 Å². The van der Waals surface area contributed by atoms with E-state index in [0.29, 0.717) is 30.7 Å². The Balaban J connectivity index is 1.83. The third-order valence-corrected chi connectivity index (χ3v) is 4.80. The molecule has 1 aromatic rings. The van der Waals surface area contributed by atoms with E-state index < -0.39 is 12.0 Å².